The third-order valence-corrected chi connectivity index (χ3v) is 4.72. The number of rotatable bonds is 2. The molecule has 0 atom stereocenters. The molecule has 1 aliphatic rings. The highest BCUT2D eigenvalue weighted by Gasteiger charge is 2.36. The summed E-state index contributed by atoms with van der Waals surface area (Å²) in [5.74, 6) is -0.902. The van der Waals surface area contributed by atoms with E-state index >= 15 is 0 Å². The number of aromatic nitrogens is 3. The molecular formula is C19H16F4N4O. The Kier molecular flexibility index (Phi) is 4.52. The number of amides is 1. The van der Waals surface area contributed by atoms with Crippen LogP contribution in [0.5, 0.6) is 0 Å². The van der Waals surface area contributed by atoms with Gasteiger partial charge < -0.3 is 4.90 Å². The molecule has 0 bridgehead atoms. The zero-order chi connectivity index (χ0) is 19.9. The number of benzene rings is 1. The van der Waals surface area contributed by atoms with Gasteiger partial charge in [-0.05, 0) is 49.6 Å². The van der Waals surface area contributed by atoms with Crippen LogP contribution in [-0.4, -0.2) is 38.5 Å². The van der Waals surface area contributed by atoms with E-state index in [1.165, 1.54) is 18.2 Å². The molecule has 4 rings (SSSR count). The van der Waals surface area contributed by atoms with Gasteiger partial charge in [0.2, 0.25) is 0 Å². The number of nitrogens with zero attached hydrogens (tertiary/aromatic N) is 4. The van der Waals surface area contributed by atoms with Crippen molar-refractivity contribution in [2.45, 2.75) is 25.4 Å². The molecule has 0 unspecified atom stereocenters. The van der Waals surface area contributed by atoms with Gasteiger partial charge in [0.1, 0.15) is 5.82 Å². The normalized spacial score (nSPS) is 15.2. The molecule has 0 radical (unpaired) electrons. The van der Waals surface area contributed by atoms with E-state index < -0.39 is 23.6 Å². The lowest BCUT2D eigenvalue weighted by molar-refractivity contribution is -0.142. The fourth-order valence-electron chi connectivity index (χ4n) is 3.31. The third-order valence-electron chi connectivity index (χ3n) is 4.72. The van der Waals surface area contributed by atoms with E-state index in [4.69, 9.17) is 0 Å². The van der Waals surface area contributed by atoms with Gasteiger partial charge >= 0.3 is 6.18 Å². The zero-order valence-corrected chi connectivity index (χ0v) is 14.7. The number of carbonyl (C=O) groups excluding carboxylic acids is 1. The number of alkyl halides is 3. The van der Waals surface area contributed by atoms with Crippen LogP contribution in [0.3, 0.4) is 0 Å². The Bertz CT molecular complexity index is 1020. The van der Waals surface area contributed by atoms with E-state index in [2.05, 4.69) is 10.1 Å². The van der Waals surface area contributed by atoms with Crippen molar-refractivity contribution in [3.05, 3.63) is 53.6 Å². The van der Waals surface area contributed by atoms with Crippen molar-refractivity contribution in [1.29, 1.82) is 0 Å². The maximum atomic E-state index is 13.6. The summed E-state index contributed by atoms with van der Waals surface area (Å²) in [6.45, 7) is 1.13. The molecule has 0 spiro atoms. The Morgan fingerprint density at radius 2 is 1.68 bits per heavy atom. The molecule has 28 heavy (non-hydrogen) atoms. The molecule has 0 aliphatic carbocycles. The molecule has 1 amide bonds. The Balaban J connectivity index is 1.82. The summed E-state index contributed by atoms with van der Waals surface area (Å²) in [5, 5.41) is 3.89. The molecule has 3 heterocycles. The average Bonchev–Trinajstić information content (AvgIpc) is 3.11. The predicted molar refractivity (Wildman–Crippen MR) is 93.1 cm³/mol. The Hall–Kier alpha value is -2.97. The van der Waals surface area contributed by atoms with Crippen LogP contribution >= 0.6 is 0 Å². The Labute approximate surface area is 157 Å². The highest BCUT2D eigenvalue weighted by molar-refractivity contribution is 5.93. The van der Waals surface area contributed by atoms with Crippen molar-refractivity contribution in [2.24, 2.45) is 0 Å². The van der Waals surface area contributed by atoms with Crippen molar-refractivity contribution in [2.75, 3.05) is 13.1 Å². The van der Waals surface area contributed by atoms with Crippen molar-refractivity contribution in [1.82, 2.24) is 19.5 Å². The van der Waals surface area contributed by atoms with Crippen LogP contribution in [0.4, 0.5) is 17.6 Å². The highest BCUT2D eigenvalue weighted by atomic mass is 19.4. The van der Waals surface area contributed by atoms with Gasteiger partial charge in [-0.15, -0.1) is 0 Å². The van der Waals surface area contributed by atoms with Gasteiger partial charge in [0.05, 0.1) is 5.69 Å². The Morgan fingerprint density at radius 3 is 2.32 bits per heavy atom. The monoisotopic (exact) mass is 392 g/mol. The van der Waals surface area contributed by atoms with Crippen LogP contribution in [0.15, 0.2) is 36.4 Å². The Morgan fingerprint density at radius 1 is 1.00 bits per heavy atom. The van der Waals surface area contributed by atoms with E-state index in [1.54, 1.807) is 4.90 Å². The molecule has 1 aliphatic heterocycles. The fourth-order valence-corrected chi connectivity index (χ4v) is 3.31. The maximum absolute atomic E-state index is 13.6. The van der Waals surface area contributed by atoms with Crippen molar-refractivity contribution in [3.8, 4) is 11.3 Å². The van der Waals surface area contributed by atoms with Crippen LogP contribution in [0.1, 0.15) is 35.4 Å². The minimum Gasteiger partial charge on any atom is -0.337 e. The van der Waals surface area contributed by atoms with Gasteiger partial charge in [-0.25, -0.2) is 13.9 Å². The van der Waals surface area contributed by atoms with Gasteiger partial charge in [0.15, 0.2) is 17.0 Å². The van der Waals surface area contributed by atoms with Gasteiger partial charge in [-0.2, -0.15) is 18.3 Å². The molecule has 146 valence electrons. The second-order valence-electron chi connectivity index (χ2n) is 6.68. The van der Waals surface area contributed by atoms with Crippen LogP contribution in [0, 0.1) is 5.82 Å². The molecule has 1 fully saturated rings. The third kappa shape index (κ3) is 3.44. The average molecular weight is 392 g/mol. The summed E-state index contributed by atoms with van der Waals surface area (Å²) < 4.78 is 54.6. The van der Waals surface area contributed by atoms with E-state index in [9.17, 15) is 22.4 Å². The molecule has 0 saturated carbocycles. The van der Waals surface area contributed by atoms with Crippen molar-refractivity contribution >= 4 is 11.6 Å². The van der Waals surface area contributed by atoms with E-state index in [1.807, 2.05) is 0 Å². The van der Waals surface area contributed by atoms with E-state index in [0.717, 1.165) is 37.5 Å². The van der Waals surface area contributed by atoms with Gasteiger partial charge in [-0.1, -0.05) is 0 Å². The summed E-state index contributed by atoms with van der Waals surface area (Å²) >= 11 is 0. The number of hydrogen-bond donors (Lipinski definition) is 0. The largest absolute Gasteiger partial charge is 0.433 e. The highest BCUT2D eigenvalue weighted by Crippen LogP contribution is 2.32. The number of fused-ring (bicyclic) bond motifs is 1. The molecule has 5 nitrogen and oxygen atoms in total. The summed E-state index contributed by atoms with van der Waals surface area (Å²) in [6, 6.07) is 7.11. The van der Waals surface area contributed by atoms with Gasteiger partial charge in [-0.3, -0.25) is 4.79 Å². The van der Waals surface area contributed by atoms with E-state index in [-0.39, 0.29) is 17.0 Å². The predicted octanol–water partition coefficient (Wildman–Crippen LogP) is 4.18. The van der Waals surface area contributed by atoms with Crippen LogP contribution < -0.4 is 0 Å². The fraction of sp³-hybridized carbons (Fsp3) is 0.316. The standard InChI is InChI=1S/C19H16F4N4O/c20-13-6-4-12(5-7-13)14-10-16(19(21,22)23)27-17(24-14)11-15(25-27)18(28)26-8-2-1-3-9-26/h4-7,10-11H,1-3,8-9H2. The minimum absolute atomic E-state index is 0.0247. The maximum Gasteiger partial charge on any atom is 0.433 e. The molecule has 2 aromatic heterocycles. The lowest BCUT2D eigenvalue weighted by Crippen LogP contribution is -2.35. The number of piperidine rings is 1. The summed E-state index contributed by atoms with van der Waals surface area (Å²) in [6.07, 6.45) is -1.96. The molecular weight excluding hydrogens is 376 g/mol. The minimum atomic E-state index is -4.70. The SMILES string of the molecule is O=C(c1cc2nc(-c3ccc(F)cc3)cc(C(F)(F)F)n2n1)N1CCCCC1. The van der Waals surface area contributed by atoms with Crippen LogP contribution in [0.2, 0.25) is 0 Å². The first-order valence-electron chi connectivity index (χ1n) is 8.86. The first kappa shape index (κ1) is 18.4. The summed E-state index contributed by atoms with van der Waals surface area (Å²) in [4.78, 5) is 18.4. The van der Waals surface area contributed by atoms with Gasteiger partial charge in [0, 0.05) is 24.7 Å². The van der Waals surface area contributed by atoms with Crippen LogP contribution in [0.25, 0.3) is 16.9 Å². The number of carbonyl (C=O) groups is 1. The molecule has 1 saturated heterocycles. The first-order valence-corrected chi connectivity index (χ1v) is 8.86. The van der Waals surface area contributed by atoms with Crippen molar-refractivity contribution < 1.29 is 22.4 Å². The lowest BCUT2D eigenvalue weighted by atomic mass is 10.1. The lowest BCUT2D eigenvalue weighted by Gasteiger charge is -2.25. The van der Waals surface area contributed by atoms with Crippen molar-refractivity contribution in [3.63, 3.8) is 0 Å². The number of halogens is 4. The second-order valence-corrected chi connectivity index (χ2v) is 6.68. The molecule has 1 aromatic carbocycles. The summed E-state index contributed by atoms with van der Waals surface area (Å²) in [7, 11) is 0. The van der Waals surface area contributed by atoms with Gasteiger partial charge in [0.25, 0.3) is 5.91 Å². The first-order chi connectivity index (χ1) is 13.3. The summed E-state index contributed by atoms with van der Waals surface area (Å²) in [5.41, 5.74) is -0.851. The number of likely N-dealkylation sites (tertiary alicyclic amines) is 1. The van der Waals surface area contributed by atoms with E-state index in [0.29, 0.717) is 23.2 Å². The number of hydrogen-bond acceptors (Lipinski definition) is 3. The molecule has 9 heteroatoms. The molecule has 3 aromatic rings. The molecule has 0 N–H and O–H groups in total. The smallest absolute Gasteiger partial charge is 0.337 e. The van der Waals surface area contributed by atoms with Crippen LogP contribution in [-0.2, 0) is 6.18 Å². The quantitative estimate of drug-likeness (QED) is 0.615. The second kappa shape index (κ2) is 6.88. The topological polar surface area (TPSA) is 50.5 Å². The zero-order valence-electron chi connectivity index (χ0n) is 14.7.